The maximum Gasteiger partial charge on any atom is 0.283 e. The van der Waals surface area contributed by atoms with E-state index in [4.69, 9.17) is 0 Å². The zero-order valence-corrected chi connectivity index (χ0v) is 25.5. The van der Waals surface area contributed by atoms with Crippen molar-refractivity contribution in [1.82, 2.24) is 20.4 Å². The molecular formula is C30H36N6O6S. The molecule has 0 aromatic heterocycles. The van der Waals surface area contributed by atoms with Crippen LogP contribution < -0.4 is 10.6 Å². The van der Waals surface area contributed by atoms with Crippen LogP contribution in [0.25, 0.3) is 11.1 Å². The first-order valence-electron chi connectivity index (χ1n) is 14.0. The van der Waals surface area contributed by atoms with Gasteiger partial charge in [0.05, 0.1) is 19.6 Å². The molecule has 2 amide bonds. The minimum absolute atomic E-state index is 0.0977. The van der Waals surface area contributed by atoms with Crippen molar-refractivity contribution >= 4 is 46.1 Å². The number of benzene rings is 2. The molecule has 2 aliphatic rings. The van der Waals surface area contributed by atoms with Crippen molar-refractivity contribution in [2.45, 2.75) is 61.7 Å². The van der Waals surface area contributed by atoms with E-state index in [-0.39, 0.29) is 68.3 Å². The Morgan fingerprint density at radius 1 is 0.721 bits per heavy atom. The van der Waals surface area contributed by atoms with E-state index in [1.807, 2.05) is 27.7 Å². The summed E-state index contributed by atoms with van der Waals surface area (Å²) in [6.07, 6.45) is 0. The standard InChI is InChI=1S/C30H36N6O6S/c1-17-13-33(14-18(2)31-17)29(37)21(5)23-7-9-27(25(11-23)35(39)40)43-28-10-8-24(12-26(28)36(41)42)22(6)30(38)34-15-19(3)32-20(4)16-34/h7-12,17-20,31-32H,5-6,13-16H2,1-4H3. The van der Waals surface area contributed by atoms with Gasteiger partial charge in [-0.15, -0.1) is 0 Å². The summed E-state index contributed by atoms with van der Waals surface area (Å²) in [6, 6.07) is 8.98. The predicted octanol–water partition coefficient (Wildman–Crippen LogP) is 4.10. The minimum atomic E-state index is -0.589. The number of rotatable bonds is 8. The lowest BCUT2D eigenvalue weighted by Gasteiger charge is -2.36. The number of nitrogens with one attached hydrogen (secondary N) is 2. The van der Waals surface area contributed by atoms with E-state index in [9.17, 15) is 29.8 Å². The first-order valence-corrected chi connectivity index (χ1v) is 14.8. The number of nitro groups is 2. The van der Waals surface area contributed by atoms with Gasteiger partial charge >= 0.3 is 0 Å². The average Bonchev–Trinajstić information content (AvgIpc) is 2.94. The molecule has 2 aromatic carbocycles. The Labute approximate surface area is 254 Å². The maximum atomic E-state index is 13.1. The van der Waals surface area contributed by atoms with Crippen LogP contribution >= 0.6 is 11.8 Å². The van der Waals surface area contributed by atoms with Gasteiger partial charge < -0.3 is 20.4 Å². The van der Waals surface area contributed by atoms with E-state index in [1.54, 1.807) is 21.9 Å². The third-order valence-electron chi connectivity index (χ3n) is 7.43. The number of piperazine rings is 2. The quantitative estimate of drug-likeness (QED) is 0.256. The van der Waals surface area contributed by atoms with Crippen LogP contribution in [-0.4, -0.2) is 81.8 Å². The van der Waals surface area contributed by atoms with Crippen LogP contribution in [0.1, 0.15) is 38.8 Å². The molecular weight excluding hydrogens is 572 g/mol. The Bertz CT molecular complexity index is 1370. The molecule has 2 saturated heterocycles. The monoisotopic (exact) mass is 608 g/mol. The summed E-state index contributed by atoms with van der Waals surface area (Å²) in [5, 5.41) is 30.8. The Kier molecular flexibility index (Phi) is 9.68. The lowest BCUT2D eigenvalue weighted by molar-refractivity contribution is -0.388. The molecule has 2 aliphatic heterocycles. The van der Waals surface area contributed by atoms with E-state index in [0.717, 1.165) is 11.8 Å². The lowest BCUT2D eigenvalue weighted by atomic mass is 10.0. The summed E-state index contributed by atoms with van der Waals surface area (Å²) in [5.74, 6) is -0.610. The summed E-state index contributed by atoms with van der Waals surface area (Å²) in [7, 11) is 0. The van der Waals surface area contributed by atoms with E-state index >= 15 is 0 Å². The van der Waals surface area contributed by atoms with Gasteiger partial charge in [0.1, 0.15) is 0 Å². The van der Waals surface area contributed by atoms with Crippen LogP contribution in [-0.2, 0) is 9.59 Å². The molecule has 228 valence electrons. The van der Waals surface area contributed by atoms with Crippen LogP contribution in [0, 0.1) is 20.2 Å². The van der Waals surface area contributed by atoms with Gasteiger partial charge in [-0.2, -0.15) is 0 Å². The normalized spacial score (nSPS) is 22.1. The van der Waals surface area contributed by atoms with E-state index in [1.165, 1.54) is 24.3 Å². The van der Waals surface area contributed by atoms with Crippen LogP contribution in [0.15, 0.2) is 59.3 Å². The molecule has 2 N–H and O–H groups in total. The fourth-order valence-electron chi connectivity index (χ4n) is 5.60. The number of hydrogen-bond acceptors (Lipinski definition) is 9. The van der Waals surface area contributed by atoms with Gasteiger partial charge in [-0.3, -0.25) is 29.8 Å². The number of carbonyl (C=O) groups excluding carboxylic acids is 2. The Morgan fingerprint density at radius 2 is 1.05 bits per heavy atom. The van der Waals surface area contributed by atoms with E-state index in [2.05, 4.69) is 23.8 Å². The smallest absolute Gasteiger partial charge is 0.283 e. The lowest BCUT2D eigenvalue weighted by Crippen LogP contribution is -2.55. The highest BCUT2D eigenvalue weighted by Gasteiger charge is 2.30. The van der Waals surface area contributed by atoms with Crippen molar-refractivity contribution in [3.63, 3.8) is 0 Å². The fourth-order valence-corrected chi connectivity index (χ4v) is 6.59. The van der Waals surface area contributed by atoms with Crippen LogP contribution in [0.5, 0.6) is 0 Å². The molecule has 4 unspecified atom stereocenters. The highest BCUT2D eigenvalue weighted by molar-refractivity contribution is 7.99. The van der Waals surface area contributed by atoms with Crippen molar-refractivity contribution < 1.29 is 19.4 Å². The summed E-state index contributed by atoms with van der Waals surface area (Å²) in [5.41, 5.74) is 0.254. The van der Waals surface area contributed by atoms with Gasteiger partial charge in [0.2, 0.25) is 0 Å². The average molecular weight is 609 g/mol. The third kappa shape index (κ3) is 7.29. The zero-order chi connectivity index (χ0) is 31.6. The van der Waals surface area contributed by atoms with Crippen molar-refractivity contribution in [3.05, 3.63) is 80.9 Å². The molecule has 2 heterocycles. The first kappa shape index (κ1) is 31.9. The van der Waals surface area contributed by atoms with E-state index < -0.39 is 9.85 Å². The highest BCUT2D eigenvalue weighted by Crippen LogP contribution is 2.41. The first-order chi connectivity index (χ1) is 20.2. The van der Waals surface area contributed by atoms with Gasteiger partial charge in [0, 0.05) is 73.6 Å². The van der Waals surface area contributed by atoms with Crippen molar-refractivity contribution in [3.8, 4) is 0 Å². The fraction of sp³-hybridized carbons (Fsp3) is 0.400. The molecule has 0 bridgehead atoms. The zero-order valence-electron chi connectivity index (χ0n) is 24.7. The largest absolute Gasteiger partial charge is 0.336 e. The summed E-state index contributed by atoms with van der Waals surface area (Å²) >= 11 is 0.863. The topological polar surface area (TPSA) is 151 Å². The molecule has 0 saturated carbocycles. The molecule has 4 atom stereocenters. The third-order valence-corrected chi connectivity index (χ3v) is 8.56. The van der Waals surface area contributed by atoms with Gasteiger partial charge in [-0.25, -0.2) is 0 Å². The second kappa shape index (κ2) is 13.1. The minimum Gasteiger partial charge on any atom is -0.336 e. The number of hydrogen-bond donors (Lipinski definition) is 2. The number of amides is 2. The van der Waals surface area contributed by atoms with E-state index in [0.29, 0.717) is 37.3 Å². The summed E-state index contributed by atoms with van der Waals surface area (Å²) in [6.45, 7) is 17.7. The van der Waals surface area contributed by atoms with Gasteiger partial charge in [-0.1, -0.05) is 37.1 Å². The molecule has 4 rings (SSSR count). The van der Waals surface area contributed by atoms with Gasteiger partial charge in [0.25, 0.3) is 23.2 Å². The Hall–Kier alpha value is -4.07. The molecule has 0 spiro atoms. The van der Waals surface area contributed by atoms with Gasteiger partial charge in [0.15, 0.2) is 0 Å². The maximum absolute atomic E-state index is 13.1. The van der Waals surface area contributed by atoms with Crippen molar-refractivity contribution in [1.29, 1.82) is 0 Å². The molecule has 12 nitrogen and oxygen atoms in total. The molecule has 43 heavy (non-hydrogen) atoms. The van der Waals surface area contributed by atoms with Crippen LogP contribution in [0.4, 0.5) is 11.4 Å². The summed E-state index contributed by atoms with van der Waals surface area (Å²) < 4.78 is 0. The Morgan fingerprint density at radius 3 is 1.35 bits per heavy atom. The molecule has 13 heteroatoms. The highest BCUT2D eigenvalue weighted by atomic mass is 32.2. The second-order valence-corrected chi connectivity index (χ2v) is 12.4. The molecule has 2 fully saturated rings. The number of nitro benzene ring substituents is 2. The second-order valence-electron chi connectivity index (χ2n) is 11.3. The van der Waals surface area contributed by atoms with Crippen molar-refractivity contribution in [2.24, 2.45) is 0 Å². The van der Waals surface area contributed by atoms with Crippen LogP contribution in [0.3, 0.4) is 0 Å². The SMILES string of the molecule is C=C(C(=O)N1CC(C)NC(C)C1)c1ccc(Sc2ccc(C(=C)C(=O)N3CC(C)NC(C)C3)cc2[N+](=O)[O-])c([N+](=O)[O-])c1. The molecule has 0 aliphatic carbocycles. The van der Waals surface area contributed by atoms with Gasteiger partial charge in [-0.05, 0) is 51.0 Å². The molecule has 0 radical (unpaired) electrons. The molecule has 2 aromatic rings. The number of carbonyl (C=O) groups is 2. The van der Waals surface area contributed by atoms with Crippen LogP contribution in [0.2, 0.25) is 0 Å². The van der Waals surface area contributed by atoms with Crippen molar-refractivity contribution in [2.75, 3.05) is 26.2 Å². The Balaban J connectivity index is 1.57. The predicted molar refractivity (Wildman–Crippen MR) is 166 cm³/mol. The number of nitrogens with zero attached hydrogens (tertiary/aromatic N) is 4. The summed E-state index contributed by atoms with van der Waals surface area (Å²) in [4.78, 5) is 52.9.